The molecule has 0 fully saturated rings. The maximum absolute atomic E-state index is 6.27. The Hall–Kier alpha value is -0.670. The summed E-state index contributed by atoms with van der Waals surface area (Å²) >= 11 is 1.93. The van der Waals surface area contributed by atoms with E-state index >= 15 is 0 Å². The van der Waals surface area contributed by atoms with E-state index in [-0.39, 0.29) is 12.1 Å². The Morgan fingerprint density at radius 2 is 1.89 bits per heavy atom. The molecule has 0 aliphatic rings. The summed E-state index contributed by atoms with van der Waals surface area (Å²) < 4.78 is 5.81. The summed E-state index contributed by atoms with van der Waals surface area (Å²) in [5.74, 6) is 1.86. The van der Waals surface area contributed by atoms with Crippen LogP contribution in [0.25, 0.3) is 0 Å². The van der Waals surface area contributed by atoms with Gasteiger partial charge in [0, 0.05) is 22.6 Å². The molecule has 102 valence electrons. The van der Waals surface area contributed by atoms with Gasteiger partial charge in [-0.15, -0.1) is 0 Å². The van der Waals surface area contributed by atoms with E-state index in [4.69, 9.17) is 10.5 Å². The van der Waals surface area contributed by atoms with Crippen LogP contribution in [0.3, 0.4) is 0 Å². The van der Waals surface area contributed by atoms with Crippen LogP contribution in [0.15, 0.2) is 24.3 Å². The molecule has 0 heterocycles. The van der Waals surface area contributed by atoms with Crippen molar-refractivity contribution in [3.8, 4) is 5.75 Å². The molecule has 0 radical (unpaired) electrons. The lowest BCUT2D eigenvalue weighted by atomic mass is 10.1. The van der Waals surface area contributed by atoms with E-state index in [0.717, 1.165) is 17.1 Å². The van der Waals surface area contributed by atoms with Gasteiger partial charge in [-0.3, -0.25) is 0 Å². The Balaban J connectivity index is 2.69. The molecule has 0 spiro atoms. The van der Waals surface area contributed by atoms with Crippen LogP contribution in [0.1, 0.15) is 45.7 Å². The minimum absolute atomic E-state index is 0.0407. The van der Waals surface area contributed by atoms with E-state index in [1.165, 1.54) is 6.42 Å². The largest absolute Gasteiger partial charge is 0.491 e. The predicted molar refractivity (Wildman–Crippen MR) is 81.3 cm³/mol. The van der Waals surface area contributed by atoms with Crippen molar-refractivity contribution >= 4 is 11.8 Å². The number of para-hydroxylation sites is 1. The molecular formula is C15H25NOS. The van der Waals surface area contributed by atoms with Gasteiger partial charge >= 0.3 is 0 Å². The Labute approximate surface area is 115 Å². The van der Waals surface area contributed by atoms with Gasteiger partial charge in [0.15, 0.2) is 0 Å². The summed E-state index contributed by atoms with van der Waals surface area (Å²) in [6, 6.07) is 8.13. The molecule has 1 aromatic carbocycles. The van der Waals surface area contributed by atoms with Gasteiger partial charge in [0.2, 0.25) is 0 Å². The SMILES string of the molecule is CCC(C)SCC(N)c1ccccc1OC(C)C. The maximum atomic E-state index is 6.27. The zero-order valence-electron chi connectivity index (χ0n) is 11.8. The zero-order valence-corrected chi connectivity index (χ0v) is 12.7. The van der Waals surface area contributed by atoms with Gasteiger partial charge in [-0.2, -0.15) is 11.8 Å². The molecule has 2 atom stereocenters. The van der Waals surface area contributed by atoms with Crippen molar-refractivity contribution in [3.63, 3.8) is 0 Å². The van der Waals surface area contributed by atoms with E-state index in [1.54, 1.807) is 0 Å². The Bertz CT molecular complexity index is 354. The molecule has 2 nitrogen and oxygen atoms in total. The topological polar surface area (TPSA) is 35.2 Å². The van der Waals surface area contributed by atoms with E-state index in [9.17, 15) is 0 Å². The Morgan fingerprint density at radius 1 is 1.22 bits per heavy atom. The van der Waals surface area contributed by atoms with E-state index in [2.05, 4.69) is 19.9 Å². The van der Waals surface area contributed by atoms with Crippen molar-refractivity contribution in [2.24, 2.45) is 5.73 Å². The third kappa shape index (κ3) is 4.91. The Morgan fingerprint density at radius 3 is 2.50 bits per heavy atom. The summed E-state index contributed by atoms with van der Waals surface area (Å²) in [4.78, 5) is 0. The fourth-order valence-corrected chi connectivity index (χ4v) is 2.57. The van der Waals surface area contributed by atoms with Crippen molar-refractivity contribution in [3.05, 3.63) is 29.8 Å². The number of hydrogen-bond acceptors (Lipinski definition) is 3. The van der Waals surface area contributed by atoms with Crippen LogP contribution >= 0.6 is 11.8 Å². The number of hydrogen-bond donors (Lipinski definition) is 1. The van der Waals surface area contributed by atoms with Crippen molar-refractivity contribution in [2.45, 2.75) is 51.5 Å². The lowest BCUT2D eigenvalue weighted by Gasteiger charge is -2.19. The lowest BCUT2D eigenvalue weighted by molar-refractivity contribution is 0.239. The highest BCUT2D eigenvalue weighted by Gasteiger charge is 2.13. The summed E-state index contributed by atoms with van der Waals surface area (Å²) in [5.41, 5.74) is 7.39. The minimum Gasteiger partial charge on any atom is -0.491 e. The third-order valence-electron chi connectivity index (χ3n) is 2.82. The van der Waals surface area contributed by atoms with Gasteiger partial charge in [0.25, 0.3) is 0 Å². The standard InChI is InChI=1S/C15H25NOS/c1-5-12(4)18-10-14(16)13-8-6-7-9-15(13)17-11(2)3/h6-9,11-12,14H,5,10,16H2,1-4H3. The normalized spacial score (nSPS) is 14.6. The second kappa shape index (κ2) is 7.70. The van der Waals surface area contributed by atoms with Crippen LogP contribution < -0.4 is 10.5 Å². The van der Waals surface area contributed by atoms with Crippen molar-refractivity contribution in [1.82, 2.24) is 0 Å². The second-order valence-corrected chi connectivity index (χ2v) is 6.33. The first-order valence-electron chi connectivity index (χ1n) is 6.67. The van der Waals surface area contributed by atoms with Crippen molar-refractivity contribution < 1.29 is 4.74 Å². The van der Waals surface area contributed by atoms with Gasteiger partial charge in [-0.05, 0) is 26.3 Å². The average molecular weight is 267 g/mol. The highest BCUT2D eigenvalue weighted by molar-refractivity contribution is 7.99. The first kappa shape index (κ1) is 15.4. The van der Waals surface area contributed by atoms with Crippen LogP contribution in [-0.2, 0) is 0 Å². The quantitative estimate of drug-likeness (QED) is 0.811. The molecule has 2 N–H and O–H groups in total. The van der Waals surface area contributed by atoms with Gasteiger partial charge in [-0.25, -0.2) is 0 Å². The molecule has 0 aliphatic heterocycles. The van der Waals surface area contributed by atoms with Crippen LogP contribution in [0, 0.1) is 0 Å². The molecular weight excluding hydrogens is 242 g/mol. The first-order chi connectivity index (χ1) is 8.54. The molecule has 0 saturated carbocycles. The van der Waals surface area contributed by atoms with Gasteiger partial charge in [0.1, 0.15) is 5.75 Å². The number of benzene rings is 1. The number of thioether (sulfide) groups is 1. The zero-order chi connectivity index (χ0) is 13.5. The molecule has 18 heavy (non-hydrogen) atoms. The number of nitrogens with two attached hydrogens (primary N) is 1. The predicted octanol–water partition coefficient (Wildman–Crippen LogP) is 4.01. The minimum atomic E-state index is 0.0407. The summed E-state index contributed by atoms with van der Waals surface area (Å²) in [7, 11) is 0. The van der Waals surface area contributed by atoms with Crippen molar-refractivity contribution in [1.29, 1.82) is 0 Å². The van der Waals surface area contributed by atoms with Crippen molar-refractivity contribution in [2.75, 3.05) is 5.75 Å². The monoisotopic (exact) mass is 267 g/mol. The summed E-state index contributed by atoms with van der Waals surface area (Å²) in [6.07, 6.45) is 1.36. The molecule has 0 bridgehead atoms. The van der Waals surface area contributed by atoms with Crippen LogP contribution in [0.5, 0.6) is 5.75 Å². The second-order valence-electron chi connectivity index (χ2n) is 4.86. The van der Waals surface area contributed by atoms with Gasteiger partial charge in [0.05, 0.1) is 6.10 Å². The Kier molecular flexibility index (Phi) is 6.58. The summed E-state index contributed by atoms with van der Waals surface area (Å²) in [5, 5.41) is 0.661. The van der Waals surface area contributed by atoms with E-state index in [0.29, 0.717) is 5.25 Å². The molecule has 0 aromatic heterocycles. The van der Waals surface area contributed by atoms with Crippen LogP contribution in [-0.4, -0.2) is 17.1 Å². The maximum Gasteiger partial charge on any atom is 0.124 e. The number of ether oxygens (including phenoxy) is 1. The van der Waals surface area contributed by atoms with Crippen LogP contribution in [0.4, 0.5) is 0 Å². The lowest BCUT2D eigenvalue weighted by Crippen LogP contribution is -2.17. The molecule has 3 heteroatoms. The van der Waals surface area contributed by atoms with E-state index in [1.807, 2.05) is 43.8 Å². The molecule has 2 unspecified atom stereocenters. The third-order valence-corrected chi connectivity index (χ3v) is 4.27. The molecule has 1 aromatic rings. The smallest absolute Gasteiger partial charge is 0.124 e. The van der Waals surface area contributed by atoms with E-state index < -0.39 is 0 Å². The van der Waals surface area contributed by atoms with Gasteiger partial charge in [-0.1, -0.05) is 32.0 Å². The number of rotatable bonds is 7. The molecule has 1 rings (SSSR count). The van der Waals surface area contributed by atoms with Crippen LogP contribution in [0.2, 0.25) is 0 Å². The average Bonchev–Trinajstić information content (AvgIpc) is 2.35. The highest BCUT2D eigenvalue weighted by Crippen LogP contribution is 2.28. The molecule has 0 saturated heterocycles. The molecule has 0 aliphatic carbocycles. The fraction of sp³-hybridized carbons (Fsp3) is 0.600. The molecule has 0 amide bonds. The first-order valence-corrected chi connectivity index (χ1v) is 7.72. The summed E-state index contributed by atoms with van der Waals surface area (Å²) in [6.45, 7) is 8.53. The fourth-order valence-electron chi connectivity index (χ4n) is 1.62. The van der Waals surface area contributed by atoms with Gasteiger partial charge < -0.3 is 10.5 Å². The highest BCUT2D eigenvalue weighted by atomic mass is 32.2.